The number of imidazole rings is 1. The molecule has 1 heterocycles. The number of methoxy groups -OCH3 is 1. The number of aliphatic carboxylic acids is 1. The van der Waals surface area contributed by atoms with Gasteiger partial charge in [0.1, 0.15) is 11.6 Å². The first kappa shape index (κ1) is 24.9. The van der Waals surface area contributed by atoms with E-state index >= 15 is 0 Å². The van der Waals surface area contributed by atoms with Crippen molar-refractivity contribution >= 4 is 17.0 Å². The normalized spacial score (nSPS) is 18.2. The number of fused-ring (bicyclic) bond motifs is 1. The third-order valence-corrected chi connectivity index (χ3v) is 7.29. The molecule has 5 nitrogen and oxygen atoms in total. The molecule has 0 spiro atoms. The van der Waals surface area contributed by atoms with Crippen molar-refractivity contribution in [3.8, 4) is 28.3 Å². The Bertz CT molecular complexity index is 1420. The predicted molar refractivity (Wildman–Crippen MR) is 135 cm³/mol. The molecule has 37 heavy (non-hydrogen) atoms. The average molecular weight is 509 g/mol. The molecular formula is C29H27F3N2O3. The molecule has 1 saturated carbocycles. The number of hydrogen-bond acceptors (Lipinski definition) is 3. The number of alkyl halides is 3. The molecule has 0 unspecified atom stereocenters. The van der Waals surface area contributed by atoms with Gasteiger partial charge in [-0.15, -0.1) is 0 Å². The molecule has 0 radical (unpaired) electrons. The molecule has 192 valence electrons. The van der Waals surface area contributed by atoms with Crippen molar-refractivity contribution in [1.29, 1.82) is 0 Å². The molecule has 1 fully saturated rings. The van der Waals surface area contributed by atoms with Gasteiger partial charge >= 0.3 is 12.1 Å². The Kier molecular flexibility index (Phi) is 6.67. The molecule has 8 heteroatoms. The average Bonchev–Trinajstić information content (AvgIpc) is 3.31. The summed E-state index contributed by atoms with van der Waals surface area (Å²) < 4.78 is 44.9. The van der Waals surface area contributed by atoms with Gasteiger partial charge in [0.05, 0.1) is 29.3 Å². The summed E-state index contributed by atoms with van der Waals surface area (Å²) >= 11 is 0. The van der Waals surface area contributed by atoms with Crippen molar-refractivity contribution in [3.05, 3.63) is 71.8 Å². The van der Waals surface area contributed by atoms with Crippen LogP contribution in [0.5, 0.6) is 5.75 Å². The lowest BCUT2D eigenvalue weighted by molar-refractivity contribution is -0.138. The minimum absolute atomic E-state index is 0.256. The molecule has 4 aromatic rings. The highest BCUT2D eigenvalue weighted by Gasteiger charge is 2.31. The summed E-state index contributed by atoms with van der Waals surface area (Å²) in [5.41, 5.74) is 3.92. The van der Waals surface area contributed by atoms with E-state index in [4.69, 9.17) is 9.84 Å². The van der Waals surface area contributed by atoms with Gasteiger partial charge in [0, 0.05) is 6.42 Å². The standard InChI is InChI=1S/C29H27F3N2O3/c1-37-26-15-21(20-8-6-19(7-9-20)18-4-2-17(3-5-18)14-27(35)36)10-12-23(26)28-33-24-13-11-22(29(30,31)32)16-25(24)34-28/h6-13,15-18H,2-5,14H2,1H3,(H,33,34)(H,35,36). The number of hydrogen-bond donors (Lipinski definition) is 2. The molecule has 0 bridgehead atoms. The van der Waals surface area contributed by atoms with Crippen LogP contribution in [0.4, 0.5) is 13.2 Å². The zero-order valence-electron chi connectivity index (χ0n) is 20.3. The van der Waals surface area contributed by atoms with E-state index in [-0.39, 0.29) is 12.3 Å². The number of nitrogens with zero attached hydrogens (tertiary/aromatic N) is 1. The second-order valence-corrected chi connectivity index (χ2v) is 9.67. The Morgan fingerprint density at radius 1 is 1.00 bits per heavy atom. The van der Waals surface area contributed by atoms with Crippen molar-refractivity contribution in [2.45, 2.75) is 44.2 Å². The quantitative estimate of drug-likeness (QED) is 0.280. The van der Waals surface area contributed by atoms with Gasteiger partial charge in [0.15, 0.2) is 0 Å². The van der Waals surface area contributed by atoms with Gasteiger partial charge in [0.2, 0.25) is 0 Å². The maximum atomic E-state index is 13.1. The summed E-state index contributed by atoms with van der Waals surface area (Å²) in [6.45, 7) is 0. The fourth-order valence-electron chi connectivity index (χ4n) is 5.27. The molecule has 1 aromatic heterocycles. The summed E-state index contributed by atoms with van der Waals surface area (Å²) in [6.07, 6.45) is -0.281. The minimum atomic E-state index is -4.42. The van der Waals surface area contributed by atoms with Crippen LogP contribution in [0.15, 0.2) is 60.7 Å². The number of carboxylic acids is 1. The van der Waals surface area contributed by atoms with Gasteiger partial charge in [-0.1, -0.05) is 30.3 Å². The van der Waals surface area contributed by atoms with Gasteiger partial charge in [-0.2, -0.15) is 13.2 Å². The fraction of sp³-hybridized carbons (Fsp3) is 0.310. The molecule has 1 aliphatic carbocycles. The highest BCUT2D eigenvalue weighted by molar-refractivity contribution is 5.82. The van der Waals surface area contributed by atoms with Crippen LogP contribution in [0.25, 0.3) is 33.5 Å². The van der Waals surface area contributed by atoms with E-state index < -0.39 is 17.7 Å². The molecule has 1 aliphatic rings. The first-order chi connectivity index (χ1) is 17.7. The predicted octanol–water partition coefficient (Wildman–Crippen LogP) is 7.67. The van der Waals surface area contributed by atoms with Crippen molar-refractivity contribution in [2.75, 3.05) is 7.11 Å². The van der Waals surface area contributed by atoms with Crippen molar-refractivity contribution in [3.63, 3.8) is 0 Å². The smallest absolute Gasteiger partial charge is 0.416 e. The minimum Gasteiger partial charge on any atom is -0.496 e. The number of aromatic nitrogens is 2. The van der Waals surface area contributed by atoms with Crippen LogP contribution in [0, 0.1) is 5.92 Å². The first-order valence-electron chi connectivity index (χ1n) is 12.3. The summed E-state index contributed by atoms with van der Waals surface area (Å²) in [6, 6.07) is 17.6. The molecular weight excluding hydrogens is 481 g/mol. The van der Waals surface area contributed by atoms with Crippen LogP contribution < -0.4 is 4.74 Å². The second kappa shape index (κ2) is 9.92. The lowest BCUT2D eigenvalue weighted by Crippen LogP contribution is -2.16. The van der Waals surface area contributed by atoms with E-state index in [2.05, 4.69) is 34.2 Å². The number of carbonyl (C=O) groups is 1. The van der Waals surface area contributed by atoms with Crippen LogP contribution >= 0.6 is 0 Å². The first-order valence-corrected chi connectivity index (χ1v) is 12.3. The summed E-state index contributed by atoms with van der Waals surface area (Å²) in [5.74, 6) is 1.00. The Morgan fingerprint density at radius 3 is 2.35 bits per heavy atom. The number of H-pyrrole nitrogens is 1. The van der Waals surface area contributed by atoms with E-state index in [1.807, 2.05) is 18.2 Å². The molecule has 0 atom stereocenters. The number of ether oxygens (including phenoxy) is 1. The second-order valence-electron chi connectivity index (χ2n) is 9.67. The number of carboxylic acid groups (broad SMARTS) is 1. The molecule has 0 saturated heterocycles. The van der Waals surface area contributed by atoms with Crippen LogP contribution in [0.2, 0.25) is 0 Å². The van der Waals surface area contributed by atoms with E-state index in [0.29, 0.717) is 34.1 Å². The van der Waals surface area contributed by atoms with Crippen LogP contribution in [0.1, 0.15) is 49.1 Å². The molecule has 2 N–H and O–H groups in total. The topological polar surface area (TPSA) is 75.2 Å². The highest BCUT2D eigenvalue weighted by Crippen LogP contribution is 2.39. The zero-order chi connectivity index (χ0) is 26.2. The van der Waals surface area contributed by atoms with E-state index in [9.17, 15) is 18.0 Å². The number of benzene rings is 3. The van der Waals surface area contributed by atoms with Crippen molar-refractivity contribution in [2.24, 2.45) is 5.92 Å². The van der Waals surface area contributed by atoms with Crippen LogP contribution in [0.3, 0.4) is 0 Å². The van der Waals surface area contributed by atoms with Gasteiger partial charge in [-0.25, -0.2) is 4.98 Å². The van der Waals surface area contributed by atoms with Crippen molar-refractivity contribution < 1.29 is 27.8 Å². The van der Waals surface area contributed by atoms with Crippen molar-refractivity contribution in [1.82, 2.24) is 9.97 Å². The summed E-state index contributed by atoms with van der Waals surface area (Å²) in [4.78, 5) is 18.4. The Labute approximate surface area is 212 Å². The monoisotopic (exact) mass is 508 g/mol. The van der Waals surface area contributed by atoms with Crippen LogP contribution in [-0.2, 0) is 11.0 Å². The lowest BCUT2D eigenvalue weighted by Gasteiger charge is -2.28. The highest BCUT2D eigenvalue weighted by atomic mass is 19.4. The van der Waals surface area contributed by atoms with E-state index in [1.54, 1.807) is 7.11 Å². The number of rotatable bonds is 6. The molecule has 5 rings (SSSR count). The summed E-state index contributed by atoms with van der Waals surface area (Å²) in [5, 5.41) is 9.02. The Morgan fingerprint density at radius 2 is 1.70 bits per heavy atom. The van der Waals surface area contributed by atoms with Gasteiger partial charge < -0.3 is 14.8 Å². The van der Waals surface area contributed by atoms with E-state index in [0.717, 1.165) is 48.9 Å². The van der Waals surface area contributed by atoms with E-state index in [1.165, 1.54) is 11.6 Å². The third kappa shape index (κ3) is 5.33. The maximum Gasteiger partial charge on any atom is 0.416 e. The number of nitrogens with one attached hydrogen (secondary N) is 1. The van der Waals surface area contributed by atoms with Gasteiger partial charge in [-0.05, 0) is 84.5 Å². The maximum absolute atomic E-state index is 13.1. The fourth-order valence-corrected chi connectivity index (χ4v) is 5.27. The molecule has 0 amide bonds. The number of halogens is 3. The largest absolute Gasteiger partial charge is 0.496 e. The zero-order valence-corrected chi connectivity index (χ0v) is 20.3. The Hall–Kier alpha value is -3.81. The molecule has 0 aliphatic heterocycles. The Balaban J connectivity index is 1.35. The van der Waals surface area contributed by atoms with Gasteiger partial charge in [0.25, 0.3) is 0 Å². The van der Waals surface area contributed by atoms with Crippen LogP contribution in [-0.4, -0.2) is 28.2 Å². The SMILES string of the molecule is COc1cc(-c2ccc(C3CCC(CC(=O)O)CC3)cc2)ccc1-c1nc2ccc(C(F)(F)F)cc2[nH]1. The third-order valence-electron chi connectivity index (χ3n) is 7.29. The molecule has 3 aromatic carbocycles. The number of aromatic amines is 1. The lowest BCUT2D eigenvalue weighted by atomic mass is 9.77. The summed E-state index contributed by atoms with van der Waals surface area (Å²) in [7, 11) is 1.55. The van der Waals surface area contributed by atoms with Gasteiger partial charge in [-0.3, -0.25) is 4.79 Å².